The lowest BCUT2D eigenvalue weighted by atomic mass is 9.96. The van der Waals surface area contributed by atoms with Gasteiger partial charge < -0.3 is 15.1 Å². The lowest BCUT2D eigenvalue weighted by Gasteiger charge is -2.33. The van der Waals surface area contributed by atoms with Crippen molar-refractivity contribution in [2.75, 3.05) is 31.5 Å². The van der Waals surface area contributed by atoms with Crippen LogP contribution >= 0.6 is 22.9 Å². The molecule has 10 heteroatoms. The minimum atomic E-state index is -0.436. The van der Waals surface area contributed by atoms with Gasteiger partial charge >= 0.3 is 0 Å². The molecule has 2 aromatic rings. The predicted octanol–water partition coefficient (Wildman–Crippen LogP) is 2.92. The Kier molecular flexibility index (Phi) is 6.29. The fourth-order valence-corrected chi connectivity index (χ4v) is 4.65. The number of piperidine rings is 1. The van der Waals surface area contributed by atoms with E-state index in [-0.39, 0.29) is 27.7 Å². The second kappa shape index (κ2) is 9.09. The van der Waals surface area contributed by atoms with Crippen LogP contribution in [0.25, 0.3) is 0 Å². The molecule has 1 aromatic heterocycles. The number of aromatic nitrogens is 2. The number of nitrogens with one attached hydrogen (secondary N) is 1. The van der Waals surface area contributed by atoms with Gasteiger partial charge in [0.15, 0.2) is 0 Å². The zero-order valence-electron chi connectivity index (χ0n) is 16.3. The van der Waals surface area contributed by atoms with Crippen molar-refractivity contribution in [3.8, 4) is 0 Å². The number of halogens is 1. The van der Waals surface area contributed by atoms with Crippen molar-refractivity contribution in [2.24, 2.45) is 5.92 Å². The molecule has 1 N–H and O–H groups in total. The second-order valence-electron chi connectivity index (χ2n) is 7.50. The molecule has 2 aliphatic rings. The highest BCUT2D eigenvalue weighted by atomic mass is 35.5. The third-order valence-electron chi connectivity index (χ3n) is 5.38. The van der Waals surface area contributed by atoms with Crippen LogP contribution < -0.4 is 5.32 Å². The average Bonchev–Trinajstić information content (AvgIpc) is 3.47. The van der Waals surface area contributed by atoms with Gasteiger partial charge in [0.2, 0.25) is 15.9 Å². The Morgan fingerprint density at radius 1 is 0.967 bits per heavy atom. The van der Waals surface area contributed by atoms with Crippen LogP contribution in [-0.2, 0) is 4.79 Å². The number of anilines is 1. The molecule has 0 unspecified atom stereocenters. The summed E-state index contributed by atoms with van der Waals surface area (Å²) >= 11 is 6.80. The van der Waals surface area contributed by atoms with Gasteiger partial charge in [-0.05, 0) is 49.9 Å². The molecule has 8 nitrogen and oxygen atoms in total. The van der Waals surface area contributed by atoms with Crippen LogP contribution in [0.1, 0.15) is 45.3 Å². The van der Waals surface area contributed by atoms with Crippen LogP contribution in [-0.4, -0.2) is 63.9 Å². The van der Waals surface area contributed by atoms with Crippen molar-refractivity contribution in [1.82, 2.24) is 20.0 Å². The standard InChI is InChI=1S/C20H22ClN5O3S/c21-14-5-7-15(8-6-14)22-16(27)17-23-24-18(30-17)20(29)26-11-3-4-13(12-26)19(28)25-9-1-2-10-25/h5-8,13H,1-4,9-12H2,(H,22,27)/t13-/m1/s1. The molecular formula is C20H22ClN5O3S. The first-order chi connectivity index (χ1) is 14.5. The molecule has 158 valence electrons. The molecule has 0 radical (unpaired) electrons. The van der Waals surface area contributed by atoms with Gasteiger partial charge in [0.1, 0.15) is 0 Å². The quantitative estimate of drug-likeness (QED) is 0.777. The molecule has 0 spiro atoms. The van der Waals surface area contributed by atoms with E-state index >= 15 is 0 Å². The van der Waals surface area contributed by atoms with E-state index in [0.29, 0.717) is 23.8 Å². The number of nitrogens with zero attached hydrogens (tertiary/aromatic N) is 4. The van der Waals surface area contributed by atoms with Crippen molar-refractivity contribution in [3.05, 3.63) is 39.3 Å². The molecule has 1 aromatic carbocycles. The number of hydrogen-bond donors (Lipinski definition) is 1. The van der Waals surface area contributed by atoms with Crippen molar-refractivity contribution in [2.45, 2.75) is 25.7 Å². The van der Waals surface area contributed by atoms with E-state index in [4.69, 9.17) is 11.6 Å². The summed E-state index contributed by atoms with van der Waals surface area (Å²) in [7, 11) is 0. The summed E-state index contributed by atoms with van der Waals surface area (Å²) in [6, 6.07) is 6.70. The predicted molar refractivity (Wildman–Crippen MR) is 114 cm³/mol. The van der Waals surface area contributed by atoms with Crippen molar-refractivity contribution < 1.29 is 14.4 Å². The highest BCUT2D eigenvalue weighted by Crippen LogP contribution is 2.24. The first-order valence-corrected chi connectivity index (χ1v) is 11.2. The minimum Gasteiger partial charge on any atom is -0.342 e. The first-order valence-electron chi connectivity index (χ1n) is 10.00. The molecule has 0 saturated carbocycles. The maximum atomic E-state index is 12.9. The van der Waals surface area contributed by atoms with Gasteiger partial charge in [-0.3, -0.25) is 14.4 Å². The van der Waals surface area contributed by atoms with Gasteiger partial charge in [0, 0.05) is 36.9 Å². The van der Waals surface area contributed by atoms with Crippen LogP contribution in [0.5, 0.6) is 0 Å². The molecule has 0 bridgehead atoms. The lowest BCUT2D eigenvalue weighted by Crippen LogP contribution is -2.46. The maximum Gasteiger partial charge on any atom is 0.286 e. The van der Waals surface area contributed by atoms with E-state index in [1.165, 1.54) is 0 Å². The molecule has 4 rings (SSSR count). The Bertz CT molecular complexity index is 942. The molecule has 3 amide bonds. The fourth-order valence-electron chi connectivity index (χ4n) is 3.81. The average molecular weight is 448 g/mol. The molecule has 0 aliphatic carbocycles. The SMILES string of the molecule is O=C(Nc1ccc(Cl)cc1)c1nnc(C(=O)N2CCC[C@@H](C(=O)N3CCCC3)C2)s1. The molecule has 2 aliphatic heterocycles. The van der Waals surface area contributed by atoms with Gasteiger partial charge in [0.05, 0.1) is 5.92 Å². The van der Waals surface area contributed by atoms with Crippen molar-refractivity contribution in [1.29, 1.82) is 0 Å². The van der Waals surface area contributed by atoms with Crippen LogP contribution in [0.2, 0.25) is 5.02 Å². The van der Waals surface area contributed by atoms with Crippen LogP contribution in [0.15, 0.2) is 24.3 Å². The van der Waals surface area contributed by atoms with E-state index in [0.717, 1.165) is 50.1 Å². The summed E-state index contributed by atoms with van der Waals surface area (Å²) in [5.74, 6) is -0.738. The van der Waals surface area contributed by atoms with Gasteiger partial charge in [0.25, 0.3) is 11.8 Å². The van der Waals surface area contributed by atoms with Gasteiger partial charge in [-0.2, -0.15) is 0 Å². The molecule has 1 atom stereocenters. The number of carbonyl (C=O) groups is 3. The third kappa shape index (κ3) is 4.62. The van der Waals surface area contributed by atoms with Crippen molar-refractivity contribution >= 4 is 46.3 Å². The molecule has 30 heavy (non-hydrogen) atoms. The normalized spacial score (nSPS) is 19.0. The van der Waals surface area contributed by atoms with Crippen molar-refractivity contribution in [3.63, 3.8) is 0 Å². The van der Waals surface area contributed by atoms with Gasteiger partial charge in [-0.1, -0.05) is 22.9 Å². The van der Waals surface area contributed by atoms with Gasteiger partial charge in [-0.15, -0.1) is 10.2 Å². The highest BCUT2D eigenvalue weighted by molar-refractivity contribution is 7.15. The van der Waals surface area contributed by atoms with Gasteiger partial charge in [-0.25, -0.2) is 0 Å². The monoisotopic (exact) mass is 447 g/mol. The Morgan fingerprint density at radius 2 is 1.63 bits per heavy atom. The zero-order chi connectivity index (χ0) is 21.1. The Morgan fingerprint density at radius 3 is 2.37 bits per heavy atom. The fraction of sp³-hybridized carbons (Fsp3) is 0.450. The van der Waals surface area contributed by atoms with Crippen LogP contribution in [0, 0.1) is 5.92 Å². The summed E-state index contributed by atoms with van der Waals surface area (Å²) in [4.78, 5) is 41.5. The highest BCUT2D eigenvalue weighted by Gasteiger charge is 2.33. The largest absolute Gasteiger partial charge is 0.342 e. The number of rotatable bonds is 4. The number of amides is 3. The summed E-state index contributed by atoms with van der Waals surface area (Å²) in [6.45, 7) is 2.59. The number of hydrogen-bond acceptors (Lipinski definition) is 6. The van der Waals surface area contributed by atoms with E-state index in [9.17, 15) is 14.4 Å². The van der Waals surface area contributed by atoms with Crippen LogP contribution in [0.4, 0.5) is 5.69 Å². The first kappa shape index (κ1) is 20.7. The number of likely N-dealkylation sites (tertiary alicyclic amines) is 2. The zero-order valence-corrected chi connectivity index (χ0v) is 17.9. The van der Waals surface area contributed by atoms with Crippen LogP contribution in [0.3, 0.4) is 0 Å². The molecule has 2 fully saturated rings. The Labute approximate surface area is 183 Å². The summed E-state index contributed by atoms with van der Waals surface area (Å²) in [6.07, 6.45) is 3.67. The minimum absolute atomic E-state index is 0.106. The summed E-state index contributed by atoms with van der Waals surface area (Å²) in [5, 5.41) is 11.3. The maximum absolute atomic E-state index is 12.9. The van der Waals surface area contributed by atoms with E-state index in [1.807, 2.05) is 4.90 Å². The lowest BCUT2D eigenvalue weighted by molar-refractivity contribution is -0.135. The Balaban J connectivity index is 1.38. The number of benzene rings is 1. The molecule has 3 heterocycles. The summed E-state index contributed by atoms with van der Waals surface area (Å²) < 4.78 is 0. The number of carbonyl (C=O) groups excluding carboxylic acids is 3. The smallest absolute Gasteiger partial charge is 0.286 e. The second-order valence-corrected chi connectivity index (χ2v) is 8.91. The van der Waals surface area contributed by atoms with E-state index < -0.39 is 5.91 Å². The summed E-state index contributed by atoms with van der Waals surface area (Å²) in [5.41, 5.74) is 0.576. The molecular weight excluding hydrogens is 426 g/mol. The van der Waals surface area contributed by atoms with E-state index in [1.54, 1.807) is 29.2 Å². The topological polar surface area (TPSA) is 95.5 Å². The third-order valence-corrected chi connectivity index (χ3v) is 6.54. The Hall–Kier alpha value is -2.52. The molecule has 2 saturated heterocycles. The van der Waals surface area contributed by atoms with E-state index in [2.05, 4.69) is 15.5 Å².